The van der Waals surface area contributed by atoms with Gasteiger partial charge in [-0.15, -0.1) is 0 Å². The third kappa shape index (κ3) is 1.18. The van der Waals surface area contributed by atoms with Crippen LogP contribution in [-0.2, 0) is 0 Å². The van der Waals surface area contributed by atoms with Gasteiger partial charge in [-0.2, -0.15) is 0 Å². The fourth-order valence-electron chi connectivity index (χ4n) is 2.28. The molecule has 0 aromatic carbocycles. The smallest absolute Gasteiger partial charge is 0.0951 e. The number of aromatic nitrogens is 2. The van der Waals surface area contributed by atoms with Gasteiger partial charge in [-0.3, -0.25) is 0 Å². The van der Waals surface area contributed by atoms with Crippen molar-refractivity contribution in [1.82, 2.24) is 19.8 Å². The van der Waals surface area contributed by atoms with Crippen molar-refractivity contribution in [2.45, 2.75) is 12.0 Å². The van der Waals surface area contributed by atoms with Crippen molar-refractivity contribution in [3.8, 4) is 0 Å². The zero-order valence-corrected chi connectivity index (χ0v) is 8.48. The topological polar surface area (TPSA) is 33.1 Å². The molecule has 2 saturated heterocycles. The molecule has 0 spiro atoms. The van der Waals surface area contributed by atoms with E-state index in [1.807, 2.05) is 12.5 Å². The molecule has 0 aliphatic carbocycles. The van der Waals surface area contributed by atoms with Crippen LogP contribution in [0.2, 0.25) is 0 Å². The van der Waals surface area contributed by atoms with E-state index in [0.29, 0.717) is 12.0 Å². The largest absolute Gasteiger partial charge is 0.329 e. The molecule has 0 atom stereocenters. The maximum atomic E-state index is 4.27. The molecule has 0 radical (unpaired) electrons. The van der Waals surface area contributed by atoms with Crippen LogP contribution in [0.15, 0.2) is 12.5 Å². The number of nitrogens with zero attached hydrogens (tertiary/aromatic N) is 3. The SMILES string of the molecule is CN1CC(n2cncc2C2CNC2)C1. The van der Waals surface area contributed by atoms with Crippen LogP contribution in [0.3, 0.4) is 0 Å². The lowest BCUT2D eigenvalue weighted by atomic mass is 9.98. The molecule has 2 aliphatic heterocycles. The fourth-order valence-corrected chi connectivity index (χ4v) is 2.28. The molecule has 0 saturated carbocycles. The number of hydrogen-bond acceptors (Lipinski definition) is 3. The second-order valence-corrected chi connectivity index (χ2v) is 4.46. The van der Waals surface area contributed by atoms with Crippen LogP contribution in [0.1, 0.15) is 17.7 Å². The van der Waals surface area contributed by atoms with Gasteiger partial charge in [-0.25, -0.2) is 4.98 Å². The standard InChI is InChI=1S/C10H16N4/c1-13-5-9(6-13)14-7-12-4-10(14)8-2-11-3-8/h4,7-9,11H,2-3,5-6H2,1H3. The zero-order chi connectivity index (χ0) is 9.54. The lowest BCUT2D eigenvalue weighted by Gasteiger charge is -2.39. The van der Waals surface area contributed by atoms with Crippen molar-refractivity contribution in [2.75, 3.05) is 33.2 Å². The third-order valence-corrected chi connectivity index (χ3v) is 3.33. The minimum Gasteiger partial charge on any atom is -0.329 e. The lowest BCUT2D eigenvalue weighted by molar-refractivity contribution is 0.136. The molecule has 4 nitrogen and oxygen atoms in total. The Labute approximate surface area is 83.9 Å². The zero-order valence-electron chi connectivity index (χ0n) is 8.48. The van der Waals surface area contributed by atoms with Gasteiger partial charge < -0.3 is 14.8 Å². The van der Waals surface area contributed by atoms with E-state index in [0.717, 1.165) is 13.1 Å². The van der Waals surface area contributed by atoms with E-state index >= 15 is 0 Å². The molecule has 2 fully saturated rings. The summed E-state index contributed by atoms with van der Waals surface area (Å²) in [7, 11) is 2.16. The maximum absolute atomic E-state index is 4.27. The van der Waals surface area contributed by atoms with Gasteiger partial charge in [0.1, 0.15) is 0 Å². The van der Waals surface area contributed by atoms with Crippen molar-refractivity contribution < 1.29 is 0 Å². The molecular weight excluding hydrogens is 176 g/mol. The van der Waals surface area contributed by atoms with Crippen LogP contribution in [0.5, 0.6) is 0 Å². The van der Waals surface area contributed by atoms with Gasteiger partial charge in [0.05, 0.1) is 12.4 Å². The van der Waals surface area contributed by atoms with Crippen molar-refractivity contribution in [3.63, 3.8) is 0 Å². The monoisotopic (exact) mass is 192 g/mol. The number of likely N-dealkylation sites (N-methyl/N-ethyl adjacent to an activating group) is 1. The van der Waals surface area contributed by atoms with E-state index in [4.69, 9.17) is 0 Å². The van der Waals surface area contributed by atoms with E-state index in [-0.39, 0.29) is 0 Å². The summed E-state index contributed by atoms with van der Waals surface area (Å²) >= 11 is 0. The van der Waals surface area contributed by atoms with Crippen molar-refractivity contribution in [1.29, 1.82) is 0 Å². The predicted octanol–water partition coefficient (Wildman–Crippen LogP) is 0.0564. The molecule has 76 valence electrons. The molecule has 2 aliphatic rings. The van der Waals surface area contributed by atoms with Crippen LogP contribution in [0.4, 0.5) is 0 Å². The number of likely N-dealkylation sites (tertiary alicyclic amines) is 1. The van der Waals surface area contributed by atoms with E-state index in [1.54, 1.807) is 0 Å². The highest BCUT2D eigenvalue weighted by atomic mass is 15.3. The minimum absolute atomic E-state index is 0.665. The summed E-state index contributed by atoms with van der Waals surface area (Å²) in [6.45, 7) is 4.58. The molecule has 1 N–H and O–H groups in total. The van der Waals surface area contributed by atoms with Crippen LogP contribution in [-0.4, -0.2) is 47.7 Å². The normalized spacial score (nSPS) is 24.6. The fraction of sp³-hybridized carbons (Fsp3) is 0.700. The number of imidazole rings is 1. The minimum atomic E-state index is 0.665. The second-order valence-electron chi connectivity index (χ2n) is 4.46. The van der Waals surface area contributed by atoms with Crippen LogP contribution < -0.4 is 5.32 Å². The molecule has 0 bridgehead atoms. The number of nitrogens with one attached hydrogen (secondary N) is 1. The maximum Gasteiger partial charge on any atom is 0.0951 e. The lowest BCUT2D eigenvalue weighted by Crippen LogP contribution is -2.47. The highest BCUT2D eigenvalue weighted by molar-refractivity contribution is 5.13. The highest BCUT2D eigenvalue weighted by Gasteiger charge is 2.30. The van der Waals surface area contributed by atoms with Crippen molar-refractivity contribution in [3.05, 3.63) is 18.2 Å². The summed E-state index contributed by atoms with van der Waals surface area (Å²) in [4.78, 5) is 6.61. The molecule has 4 heteroatoms. The number of rotatable bonds is 2. The van der Waals surface area contributed by atoms with Gasteiger partial charge in [0.15, 0.2) is 0 Å². The Kier molecular flexibility index (Phi) is 1.85. The molecular formula is C10H16N4. The molecule has 1 aromatic rings. The quantitative estimate of drug-likeness (QED) is 0.719. The molecule has 1 aromatic heterocycles. The highest BCUT2D eigenvalue weighted by Crippen LogP contribution is 2.26. The first-order valence-corrected chi connectivity index (χ1v) is 5.25. The van der Waals surface area contributed by atoms with E-state index in [9.17, 15) is 0 Å². The Balaban J connectivity index is 1.79. The average molecular weight is 192 g/mol. The Morgan fingerprint density at radius 2 is 2.21 bits per heavy atom. The Bertz CT molecular complexity index is 323. The van der Waals surface area contributed by atoms with E-state index in [2.05, 4.69) is 26.8 Å². The second kappa shape index (κ2) is 3.07. The Morgan fingerprint density at radius 1 is 1.43 bits per heavy atom. The van der Waals surface area contributed by atoms with Crippen LogP contribution >= 0.6 is 0 Å². The summed E-state index contributed by atoms with van der Waals surface area (Å²) in [5.41, 5.74) is 1.42. The summed E-state index contributed by atoms with van der Waals surface area (Å²) < 4.78 is 2.37. The molecule has 0 unspecified atom stereocenters. The first-order valence-electron chi connectivity index (χ1n) is 5.25. The number of hydrogen-bond donors (Lipinski definition) is 1. The van der Waals surface area contributed by atoms with Gasteiger partial charge in [-0.1, -0.05) is 0 Å². The van der Waals surface area contributed by atoms with Crippen molar-refractivity contribution >= 4 is 0 Å². The molecule has 14 heavy (non-hydrogen) atoms. The van der Waals surface area contributed by atoms with Crippen LogP contribution in [0, 0.1) is 0 Å². The van der Waals surface area contributed by atoms with Gasteiger partial charge in [-0.05, 0) is 7.05 Å². The predicted molar refractivity (Wildman–Crippen MR) is 54.4 cm³/mol. The van der Waals surface area contributed by atoms with Gasteiger partial charge in [0.2, 0.25) is 0 Å². The van der Waals surface area contributed by atoms with Crippen LogP contribution in [0.25, 0.3) is 0 Å². The van der Waals surface area contributed by atoms with Crippen molar-refractivity contribution in [2.24, 2.45) is 0 Å². The summed E-state index contributed by atoms with van der Waals surface area (Å²) in [6, 6.07) is 0.665. The average Bonchev–Trinajstić information content (AvgIpc) is 2.44. The summed E-state index contributed by atoms with van der Waals surface area (Å²) in [6.07, 6.45) is 4.02. The first kappa shape index (κ1) is 8.44. The molecule has 0 amide bonds. The van der Waals surface area contributed by atoms with Gasteiger partial charge in [0.25, 0.3) is 0 Å². The Hall–Kier alpha value is -0.870. The van der Waals surface area contributed by atoms with Gasteiger partial charge in [0, 0.05) is 44.0 Å². The Morgan fingerprint density at radius 3 is 2.79 bits per heavy atom. The first-order chi connectivity index (χ1) is 6.84. The molecule has 3 heterocycles. The van der Waals surface area contributed by atoms with E-state index in [1.165, 1.54) is 18.8 Å². The summed E-state index contributed by atoms with van der Waals surface area (Å²) in [5.74, 6) is 0.698. The van der Waals surface area contributed by atoms with E-state index < -0.39 is 0 Å². The van der Waals surface area contributed by atoms with Gasteiger partial charge >= 0.3 is 0 Å². The summed E-state index contributed by atoms with van der Waals surface area (Å²) in [5, 5.41) is 3.31. The third-order valence-electron chi connectivity index (χ3n) is 3.33. The molecule has 3 rings (SSSR count).